The number of hydrogen-bond donors (Lipinski definition) is 2. The highest BCUT2D eigenvalue weighted by molar-refractivity contribution is 7.99. The van der Waals surface area contributed by atoms with Gasteiger partial charge >= 0.3 is 5.97 Å². The van der Waals surface area contributed by atoms with Gasteiger partial charge in [0, 0.05) is 30.5 Å². The van der Waals surface area contributed by atoms with Crippen LogP contribution < -0.4 is 10.6 Å². The number of hydrogen-bond acceptors (Lipinski definition) is 5. The molecule has 0 spiro atoms. The summed E-state index contributed by atoms with van der Waals surface area (Å²) < 4.78 is 4.81. The smallest absolute Gasteiger partial charge is 0.307 e. The average molecular weight is 379 g/mol. The molecule has 0 radical (unpaired) electrons. The lowest BCUT2D eigenvalue weighted by atomic mass is 9.86. The van der Waals surface area contributed by atoms with Crippen molar-refractivity contribution in [2.75, 3.05) is 25.2 Å². The monoisotopic (exact) mass is 378 g/mol. The highest BCUT2D eigenvalue weighted by Gasteiger charge is 2.23. The van der Waals surface area contributed by atoms with Crippen LogP contribution in [-0.2, 0) is 19.7 Å². The van der Waals surface area contributed by atoms with Crippen LogP contribution in [0.15, 0.2) is 24.3 Å². The third-order valence-corrected chi connectivity index (χ3v) is 5.67. The molecule has 0 aliphatic carbocycles. The second-order valence-corrected chi connectivity index (χ2v) is 8.85. The molecule has 0 aromatic heterocycles. The molecule has 1 heterocycles. The van der Waals surface area contributed by atoms with Crippen LogP contribution >= 0.6 is 11.8 Å². The van der Waals surface area contributed by atoms with Gasteiger partial charge in [0.25, 0.3) is 0 Å². The summed E-state index contributed by atoms with van der Waals surface area (Å²) in [7, 11) is 1.37. The lowest BCUT2D eigenvalue weighted by molar-refractivity contribution is -0.141. The molecule has 2 N–H and O–H groups in total. The molecule has 1 fully saturated rings. The number of thioether (sulfide) groups is 1. The summed E-state index contributed by atoms with van der Waals surface area (Å²) >= 11 is 1.86. The Kier molecular flexibility index (Phi) is 7.53. The van der Waals surface area contributed by atoms with E-state index in [1.165, 1.54) is 12.7 Å². The van der Waals surface area contributed by atoms with Gasteiger partial charge in [0.05, 0.1) is 19.6 Å². The minimum atomic E-state index is -0.375. The fourth-order valence-corrected chi connectivity index (χ4v) is 3.89. The highest BCUT2D eigenvalue weighted by Crippen LogP contribution is 2.25. The van der Waals surface area contributed by atoms with Gasteiger partial charge < -0.3 is 15.4 Å². The number of carbonyl (C=O) groups is 2. The Balaban J connectivity index is 2.07. The number of amides is 1. The predicted octanol–water partition coefficient (Wildman–Crippen LogP) is 2.80. The Morgan fingerprint density at radius 1 is 1.31 bits per heavy atom. The molecule has 2 atom stereocenters. The average Bonchev–Trinajstić information content (AvgIpc) is 2.61. The molecule has 1 saturated heterocycles. The van der Waals surface area contributed by atoms with Crippen LogP contribution in [-0.4, -0.2) is 43.1 Å². The fourth-order valence-electron chi connectivity index (χ4n) is 2.95. The van der Waals surface area contributed by atoms with Crippen molar-refractivity contribution in [1.82, 2.24) is 10.6 Å². The van der Waals surface area contributed by atoms with Gasteiger partial charge in [0.1, 0.15) is 0 Å². The molecule has 1 aliphatic heterocycles. The van der Waals surface area contributed by atoms with E-state index in [1.807, 2.05) is 23.9 Å². The predicted molar refractivity (Wildman–Crippen MR) is 106 cm³/mol. The minimum Gasteiger partial charge on any atom is -0.469 e. The van der Waals surface area contributed by atoms with Crippen LogP contribution in [0.3, 0.4) is 0 Å². The molecule has 2 unspecified atom stereocenters. The topological polar surface area (TPSA) is 67.4 Å². The molecule has 26 heavy (non-hydrogen) atoms. The Hall–Kier alpha value is -1.53. The summed E-state index contributed by atoms with van der Waals surface area (Å²) in [4.78, 5) is 24.3. The van der Waals surface area contributed by atoms with Crippen molar-refractivity contribution >= 4 is 23.6 Å². The number of carbonyl (C=O) groups excluding carboxylic acids is 2. The Bertz CT molecular complexity index is 604. The van der Waals surface area contributed by atoms with Gasteiger partial charge in [-0.3, -0.25) is 9.59 Å². The summed E-state index contributed by atoms with van der Waals surface area (Å²) in [5, 5.41) is 6.38. The number of ether oxygens (including phenoxy) is 1. The summed E-state index contributed by atoms with van der Waals surface area (Å²) in [6.07, 6.45) is 0.550. The van der Waals surface area contributed by atoms with E-state index in [0.717, 1.165) is 23.6 Å². The third kappa shape index (κ3) is 6.32. The van der Waals surface area contributed by atoms with Gasteiger partial charge in [-0.1, -0.05) is 45.0 Å². The fraction of sp³-hybridized carbons (Fsp3) is 0.600. The third-order valence-electron chi connectivity index (χ3n) is 4.54. The maximum absolute atomic E-state index is 12.5. The van der Waals surface area contributed by atoms with Crippen molar-refractivity contribution in [2.24, 2.45) is 0 Å². The Morgan fingerprint density at radius 3 is 2.54 bits per heavy atom. The second kappa shape index (κ2) is 9.42. The molecule has 6 heteroatoms. The quantitative estimate of drug-likeness (QED) is 0.745. The summed E-state index contributed by atoms with van der Waals surface area (Å²) in [5.41, 5.74) is 2.19. The molecule has 144 valence electrons. The van der Waals surface area contributed by atoms with Crippen LogP contribution in [0, 0.1) is 0 Å². The SMILES string of the molecule is COC(=O)CC(NC(=O)CC1CSCCN1)c1ccc(C(C)(C)C)cc1. The van der Waals surface area contributed by atoms with E-state index in [0.29, 0.717) is 6.42 Å². The zero-order valence-corrected chi connectivity index (χ0v) is 16.9. The molecule has 2 rings (SSSR count). The molecule has 5 nitrogen and oxygen atoms in total. The van der Waals surface area contributed by atoms with Crippen molar-refractivity contribution in [3.05, 3.63) is 35.4 Å². The van der Waals surface area contributed by atoms with Gasteiger partial charge in [-0.05, 0) is 16.5 Å². The van der Waals surface area contributed by atoms with Crippen LogP contribution in [0.25, 0.3) is 0 Å². The first-order chi connectivity index (χ1) is 12.3. The van der Waals surface area contributed by atoms with Crippen LogP contribution in [0.5, 0.6) is 0 Å². The molecule has 1 aromatic rings. The zero-order valence-electron chi connectivity index (χ0n) is 16.1. The van der Waals surface area contributed by atoms with Gasteiger partial charge in [-0.25, -0.2) is 0 Å². The number of nitrogens with one attached hydrogen (secondary N) is 2. The number of rotatable bonds is 6. The normalized spacial score (nSPS) is 18.8. The Labute approximate surface area is 160 Å². The zero-order chi connectivity index (χ0) is 19.2. The van der Waals surface area contributed by atoms with Crippen LogP contribution in [0.2, 0.25) is 0 Å². The molecular weight excluding hydrogens is 348 g/mol. The van der Waals surface area contributed by atoms with Gasteiger partial charge in [-0.15, -0.1) is 0 Å². The summed E-state index contributed by atoms with van der Waals surface area (Å²) in [6.45, 7) is 7.41. The number of methoxy groups -OCH3 is 1. The van der Waals surface area contributed by atoms with E-state index in [2.05, 4.69) is 43.5 Å². The van der Waals surface area contributed by atoms with E-state index in [1.54, 1.807) is 0 Å². The molecule has 1 amide bonds. The first-order valence-corrected chi connectivity index (χ1v) is 10.2. The van der Waals surface area contributed by atoms with Crippen molar-refractivity contribution in [3.63, 3.8) is 0 Å². The minimum absolute atomic E-state index is 0.0428. The summed E-state index contributed by atoms with van der Waals surface area (Å²) in [5.74, 6) is 1.65. The second-order valence-electron chi connectivity index (χ2n) is 7.70. The molecule has 0 saturated carbocycles. The highest BCUT2D eigenvalue weighted by atomic mass is 32.2. The van der Waals surface area contributed by atoms with Crippen molar-refractivity contribution in [2.45, 2.75) is 51.1 Å². The van der Waals surface area contributed by atoms with E-state index in [-0.39, 0.29) is 35.8 Å². The van der Waals surface area contributed by atoms with Crippen LogP contribution in [0.1, 0.15) is 50.8 Å². The number of benzene rings is 1. The van der Waals surface area contributed by atoms with Gasteiger partial charge in [0.2, 0.25) is 5.91 Å². The maximum Gasteiger partial charge on any atom is 0.307 e. The lowest BCUT2D eigenvalue weighted by Gasteiger charge is -2.25. The standard InChI is InChI=1S/C20H30N2O3S/c1-20(2,3)15-7-5-14(6-8-15)17(12-19(24)25-4)22-18(23)11-16-13-26-10-9-21-16/h5-8,16-17,21H,9-13H2,1-4H3,(H,22,23). The van der Waals surface area contributed by atoms with E-state index >= 15 is 0 Å². The van der Waals surface area contributed by atoms with E-state index < -0.39 is 0 Å². The maximum atomic E-state index is 12.5. The lowest BCUT2D eigenvalue weighted by Crippen LogP contribution is -2.42. The van der Waals surface area contributed by atoms with Crippen LogP contribution in [0.4, 0.5) is 0 Å². The van der Waals surface area contributed by atoms with Crippen molar-refractivity contribution < 1.29 is 14.3 Å². The molecule has 1 aromatic carbocycles. The molecule has 0 bridgehead atoms. The summed E-state index contributed by atoms with van der Waals surface area (Å²) in [6, 6.07) is 7.92. The Morgan fingerprint density at radius 2 is 2.00 bits per heavy atom. The first-order valence-electron chi connectivity index (χ1n) is 9.07. The molecular formula is C20H30N2O3S. The van der Waals surface area contributed by atoms with E-state index in [9.17, 15) is 9.59 Å². The van der Waals surface area contributed by atoms with Gasteiger partial charge in [-0.2, -0.15) is 11.8 Å². The van der Waals surface area contributed by atoms with E-state index in [4.69, 9.17) is 4.74 Å². The number of esters is 1. The molecule has 1 aliphatic rings. The van der Waals surface area contributed by atoms with Crippen molar-refractivity contribution in [1.29, 1.82) is 0 Å². The largest absolute Gasteiger partial charge is 0.469 e. The van der Waals surface area contributed by atoms with Gasteiger partial charge in [0.15, 0.2) is 0 Å². The first kappa shape index (κ1) is 20.8. The van der Waals surface area contributed by atoms with Crippen molar-refractivity contribution in [3.8, 4) is 0 Å².